The molecule has 0 saturated heterocycles. The van der Waals surface area contributed by atoms with Gasteiger partial charge in [-0.15, -0.1) is 13.2 Å². The quantitative estimate of drug-likeness (QED) is 0.202. The van der Waals surface area contributed by atoms with E-state index in [4.69, 9.17) is 0 Å². The van der Waals surface area contributed by atoms with Crippen LogP contribution >= 0.6 is 0 Å². The van der Waals surface area contributed by atoms with Crippen molar-refractivity contribution < 1.29 is 44.3 Å². The standard InChI is InChI=1S/C30H25F9O/c1-2-3-16-4-6-17(7-5-16)18-8-10-21(22(31)12-18)20-14-24(33)27(25(34)15-20)29(36)28(35)19-9-11-26(23(32)13-19)40-30(37,38)39/h8-17H,2-7H2,1H3. The van der Waals surface area contributed by atoms with Crippen molar-refractivity contribution >= 4 is 11.7 Å². The van der Waals surface area contributed by atoms with Crippen LogP contribution in [0.15, 0.2) is 48.5 Å². The van der Waals surface area contributed by atoms with E-state index < -0.39 is 58.2 Å². The minimum absolute atomic E-state index is 0.139. The van der Waals surface area contributed by atoms with Gasteiger partial charge in [0.2, 0.25) is 0 Å². The Labute approximate surface area is 225 Å². The van der Waals surface area contributed by atoms with Crippen LogP contribution in [0.25, 0.3) is 22.8 Å². The predicted octanol–water partition coefficient (Wildman–Crippen LogP) is 10.6. The summed E-state index contributed by atoms with van der Waals surface area (Å²) in [7, 11) is 0. The Morgan fingerprint density at radius 3 is 1.98 bits per heavy atom. The number of rotatable bonds is 7. The normalized spacial score (nSPS) is 18.4. The van der Waals surface area contributed by atoms with Crippen LogP contribution in [0.4, 0.5) is 39.5 Å². The largest absolute Gasteiger partial charge is 0.573 e. The van der Waals surface area contributed by atoms with Crippen molar-refractivity contribution in [3.63, 3.8) is 0 Å². The summed E-state index contributed by atoms with van der Waals surface area (Å²) >= 11 is 0. The Morgan fingerprint density at radius 2 is 1.43 bits per heavy atom. The summed E-state index contributed by atoms with van der Waals surface area (Å²) in [5.74, 6) is -9.96. The van der Waals surface area contributed by atoms with Crippen molar-refractivity contribution in [2.75, 3.05) is 0 Å². The zero-order valence-corrected chi connectivity index (χ0v) is 21.3. The van der Waals surface area contributed by atoms with Crippen LogP contribution in [-0.4, -0.2) is 6.36 Å². The van der Waals surface area contributed by atoms with Gasteiger partial charge in [0.05, 0.1) is 5.56 Å². The Kier molecular flexibility index (Phi) is 8.85. The van der Waals surface area contributed by atoms with Crippen LogP contribution in [0.2, 0.25) is 0 Å². The molecule has 1 saturated carbocycles. The molecule has 3 aromatic rings. The molecule has 0 aromatic heterocycles. The van der Waals surface area contributed by atoms with Gasteiger partial charge in [-0.1, -0.05) is 31.9 Å². The fourth-order valence-electron chi connectivity index (χ4n) is 5.23. The second-order valence-corrected chi connectivity index (χ2v) is 9.88. The third kappa shape index (κ3) is 6.64. The molecule has 40 heavy (non-hydrogen) atoms. The number of benzene rings is 3. The smallest absolute Gasteiger partial charge is 0.403 e. The summed E-state index contributed by atoms with van der Waals surface area (Å²) < 4.78 is 128. The molecule has 4 rings (SSSR count). The minimum atomic E-state index is -5.23. The van der Waals surface area contributed by atoms with E-state index >= 15 is 4.39 Å². The average Bonchev–Trinajstić information content (AvgIpc) is 2.88. The predicted molar refractivity (Wildman–Crippen MR) is 133 cm³/mol. The number of alkyl halides is 3. The number of hydrogen-bond donors (Lipinski definition) is 0. The molecule has 0 atom stereocenters. The summed E-state index contributed by atoms with van der Waals surface area (Å²) in [4.78, 5) is 0. The van der Waals surface area contributed by atoms with E-state index in [-0.39, 0.29) is 23.1 Å². The highest BCUT2D eigenvalue weighted by Crippen LogP contribution is 2.40. The average molecular weight is 573 g/mol. The first-order valence-electron chi connectivity index (χ1n) is 12.8. The van der Waals surface area contributed by atoms with Crippen molar-refractivity contribution in [1.29, 1.82) is 0 Å². The van der Waals surface area contributed by atoms with Crippen molar-refractivity contribution in [2.45, 2.75) is 57.7 Å². The molecule has 10 heteroatoms. The van der Waals surface area contributed by atoms with Crippen molar-refractivity contribution in [2.24, 2.45) is 5.92 Å². The molecule has 0 unspecified atom stereocenters. The fraction of sp³-hybridized carbons (Fsp3) is 0.333. The first-order valence-corrected chi connectivity index (χ1v) is 12.8. The van der Waals surface area contributed by atoms with Gasteiger partial charge in [-0.05, 0) is 85.0 Å². The zero-order valence-electron chi connectivity index (χ0n) is 21.3. The van der Waals surface area contributed by atoms with E-state index in [0.717, 1.165) is 44.1 Å². The molecule has 214 valence electrons. The molecule has 0 spiro atoms. The van der Waals surface area contributed by atoms with Crippen molar-refractivity contribution in [1.82, 2.24) is 0 Å². The van der Waals surface area contributed by atoms with E-state index in [0.29, 0.717) is 30.2 Å². The van der Waals surface area contributed by atoms with Gasteiger partial charge in [-0.25, -0.2) is 26.3 Å². The lowest BCUT2D eigenvalue weighted by Crippen LogP contribution is -2.17. The van der Waals surface area contributed by atoms with Crippen LogP contribution in [-0.2, 0) is 0 Å². The maximum atomic E-state index is 15.0. The molecule has 1 aliphatic rings. The van der Waals surface area contributed by atoms with Crippen molar-refractivity contribution in [3.8, 4) is 16.9 Å². The fourth-order valence-corrected chi connectivity index (χ4v) is 5.23. The lowest BCUT2D eigenvalue weighted by molar-refractivity contribution is -0.275. The second-order valence-electron chi connectivity index (χ2n) is 9.88. The van der Waals surface area contributed by atoms with Gasteiger partial charge in [0.25, 0.3) is 0 Å². The van der Waals surface area contributed by atoms with Gasteiger partial charge in [0.15, 0.2) is 23.2 Å². The summed E-state index contributed by atoms with van der Waals surface area (Å²) in [6.45, 7) is 2.14. The summed E-state index contributed by atoms with van der Waals surface area (Å²) in [5, 5.41) is 0. The SMILES string of the molecule is CCCC1CCC(c2ccc(-c3cc(F)c(C(F)=C(F)c4ccc(OC(F)(F)F)c(F)c4)c(F)c3)c(F)c2)CC1. The monoisotopic (exact) mass is 572 g/mol. The van der Waals surface area contributed by atoms with Crippen LogP contribution in [0.1, 0.15) is 68.1 Å². The van der Waals surface area contributed by atoms with E-state index in [9.17, 15) is 35.1 Å². The summed E-state index contributed by atoms with van der Waals surface area (Å²) in [5.41, 5.74) is -1.96. The molecular formula is C30H25F9O. The third-order valence-electron chi connectivity index (χ3n) is 7.18. The molecule has 0 N–H and O–H groups in total. The number of hydrogen-bond acceptors (Lipinski definition) is 1. The summed E-state index contributed by atoms with van der Waals surface area (Å²) in [6, 6.07) is 6.81. The van der Waals surface area contributed by atoms with Gasteiger partial charge >= 0.3 is 6.36 Å². The molecular weight excluding hydrogens is 547 g/mol. The first-order chi connectivity index (χ1) is 18.9. The summed E-state index contributed by atoms with van der Waals surface area (Å²) in [6.07, 6.45) is 0.974. The van der Waals surface area contributed by atoms with E-state index in [1.54, 1.807) is 6.07 Å². The molecule has 1 aliphatic carbocycles. The minimum Gasteiger partial charge on any atom is -0.403 e. The Bertz CT molecular complexity index is 1380. The molecule has 0 radical (unpaired) electrons. The van der Waals surface area contributed by atoms with Crippen LogP contribution in [0, 0.1) is 29.2 Å². The highest BCUT2D eigenvalue weighted by atomic mass is 19.4. The van der Waals surface area contributed by atoms with Gasteiger partial charge in [-0.3, -0.25) is 0 Å². The molecule has 0 heterocycles. The topological polar surface area (TPSA) is 9.23 Å². The number of ether oxygens (including phenoxy) is 1. The van der Waals surface area contributed by atoms with Crippen molar-refractivity contribution in [3.05, 3.63) is 88.5 Å². The van der Waals surface area contributed by atoms with E-state index in [1.807, 2.05) is 0 Å². The van der Waals surface area contributed by atoms with Gasteiger partial charge in [-0.2, -0.15) is 0 Å². The van der Waals surface area contributed by atoms with Crippen LogP contribution < -0.4 is 4.74 Å². The highest BCUT2D eigenvalue weighted by Gasteiger charge is 2.32. The van der Waals surface area contributed by atoms with Crippen LogP contribution in [0.3, 0.4) is 0 Å². The second kappa shape index (κ2) is 12.0. The number of halogens is 9. The zero-order chi connectivity index (χ0) is 29.2. The molecule has 1 fully saturated rings. The van der Waals surface area contributed by atoms with E-state index in [2.05, 4.69) is 11.7 Å². The molecule has 0 amide bonds. The maximum absolute atomic E-state index is 15.0. The molecule has 0 bridgehead atoms. The molecule has 1 nitrogen and oxygen atoms in total. The molecule has 3 aromatic carbocycles. The lowest BCUT2D eigenvalue weighted by Gasteiger charge is -2.28. The van der Waals surface area contributed by atoms with Gasteiger partial charge in [0, 0.05) is 11.1 Å². The highest BCUT2D eigenvalue weighted by molar-refractivity contribution is 5.84. The van der Waals surface area contributed by atoms with E-state index in [1.165, 1.54) is 12.1 Å². The lowest BCUT2D eigenvalue weighted by atomic mass is 9.77. The Hall–Kier alpha value is -3.43. The van der Waals surface area contributed by atoms with Crippen LogP contribution in [0.5, 0.6) is 5.75 Å². The van der Waals surface area contributed by atoms with Gasteiger partial charge < -0.3 is 4.74 Å². The molecule has 0 aliphatic heterocycles. The Morgan fingerprint density at radius 1 is 0.775 bits per heavy atom. The Balaban J connectivity index is 1.59. The maximum Gasteiger partial charge on any atom is 0.573 e. The first kappa shape index (κ1) is 29.6. The third-order valence-corrected chi connectivity index (χ3v) is 7.18. The van der Waals surface area contributed by atoms with Gasteiger partial charge in [0.1, 0.15) is 17.5 Å².